The largest absolute Gasteiger partial charge is 0.388 e. The molecule has 0 spiro atoms. The lowest BCUT2D eigenvalue weighted by Gasteiger charge is -2.13. The molecular formula is C10H15N3S. The van der Waals surface area contributed by atoms with Crippen molar-refractivity contribution in [3.05, 3.63) is 29.6 Å². The van der Waals surface area contributed by atoms with E-state index in [-0.39, 0.29) is 0 Å². The third-order valence-corrected chi connectivity index (χ3v) is 2.28. The highest BCUT2D eigenvalue weighted by Gasteiger charge is 2.01. The van der Waals surface area contributed by atoms with Crippen LogP contribution in [0.1, 0.15) is 18.2 Å². The molecule has 0 radical (unpaired) electrons. The van der Waals surface area contributed by atoms with Gasteiger partial charge in [-0.05, 0) is 31.3 Å². The van der Waals surface area contributed by atoms with Crippen LogP contribution in [0.25, 0.3) is 0 Å². The predicted octanol–water partition coefficient (Wildman–Crippen LogP) is 1.17. The summed E-state index contributed by atoms with van der Waals surface area (Å²) in [6, 6.07) is 3.92. The second-order valence-corrected chi connectivity index (χ2v) is 3.68. The number of thiocarbonyl (C=S) groups is 1. The van der Waals surface area contributed by atoms with Gasteiger partial charge in [0.05, 0.1) is 5.69 Å². The summed E-state index contributed by atoms with van der Waals surface area (Å²) in [7, 11) is 2.07. The molecule has 0 saturated carbocycles. The molecule has 0 aliphatic heterocycles. The van der Waals surface area contributed by atoms with Crippen molar-refractivity contribution in [2.45, 2.75) is 13.5 Å². The molecule has 0 amide bonds. The molecule has 4 heteroatoms. The minimum absolute atomic E-state index is 0.353. The Morgan fingerprint density at radius 2 is 2.36 bits per heavy atom. The molecule has 0 aliphatic carbocycles. The smallest absolute Gasteiger partial charge is 0.122 e. The van der Waals surface area contributed by atoms with E-state index >= 15 is 0 Å². The van der Waals surface area contributed by atoms with Gasteiger partial charge in [0.15, 0.2) is 0 Å². The fraction of sp³-hybridized carbons (Fsp3) is 0.400. The van der Waals surface area contributed by atoms with Gasteiger partial charge >= 0.3 is 0 Å². The van der Waals surface area contributed by atoms with Gasteiger partial charge in [0.25, 0.3) is 0 Å². The Morgan fingerprint density at radius 3 is 2.93 bits per heavy atom. The molecule has 2 N–H and O–H groups in total. The van der Waals surface area contributed by atoms with Gasteiger partial charge in [0, 0.05) is 12.7 Å². The Kier molecular flexibility index (Phi) is 3.98. The summed E-state index contributed by atoms with van der Waals surface area (Å²) in [6.07, 6.45) is 1.74. The van der Waals surface area contributed by atoms with E-state index in [4.69, 9.17) is 18.0 Å². The highest BCUT2D eigenvalue weighted by atomic mass is 32.1. The fourth-order valence-electron chi connectivity index (χ4n) is 1.13. The number of rotatable bonds is 4. The molecule has 76 valence electrons. The van der Waals surface area contributed by atoms with Crippen molar-refractivity contribution in [2.24, 2.45) is 5.73 Å². The van der Waals surface area contributed by atoms with Gasteiger partial charge in [-0.1, -0.05) is 19.1 Å². The van der Waals surface area contributed by atoms with Crippen LogP contribution < -0.4 is 5.73 Å². The van der Waals surface area contributed by atoms with Crippen LogP contribution in [0.3, 0.4) is 0 Å². The number of hydrogen-bond donors (Lipinski definition) is 1. The third-order valence-electron chi connectivity index (χ3n) is 2.07. The Hall–Kier alpha value is -1.00. The topological polar surface area (TPSA) is 42.2 Å². The average molecular weight is 209 g/mol. The zero-order valence-electron chi connectivity index (χ0n) is 8.53. The van der Waals surface area contributed by atoms with Crippen LogP contribution >= 0.6 is 12.2 Å². The lowest BCUT2D eigenvalue weighted by atomic mass is 10.2. The summed E-state index contributed by atoms with van der Waals surface area (Å²) in [5.74, 6) is 0. The fourth-order valence-corrected chi connectivity index (χ4v) is 1.24. The first-order chi connectivity index (χ1) is 6.63. The van der Waals surface area contributed by atoms with Crippen molar-refractivity contribution in [1.29, 1.82) is 0 Å². The van der Waals surface area contributed by atoms with Crippen LogP contribution in [0.4, 0.5) is 0 Å². The minimum Gasteiger partial charge on any atom is -0.388 e. The van der Waals surface area contributed by atoms with E-state index in [1.165, 1.54) is 5.56 Å². The lowest BCUT2D eigenvalue weighted by Crippen LogP contribution is -2.18. The summed E-state index contributed by atoms with van der Waals surface area (Å²) >= 11 is 4.87. The van der Waals surface area contributed by atoms with Crippen LogP contribution in [-0.4, -0.2) is 28.5 Å². The maximum absolute atomic E-state index is 5.50. The predicted molar refractivity (Wildman–Crippen MR) is 62.1 cm³/mol. The summed E-state index contributed by atoms with van der Waals surface area (Å²) in [4.78, 5) is 6.65. The first-order valence-corrected chi connectivity index (χ1v) is 4.97. The van der Waals surface area contributed by atoms with Crippen LogP contribution in [0, 0.1) is 0 Å². The normalized spacial score (nSPS) is 10.5. The highest BCUT2D eigenvalue weighted by molar-refractivity contribution is 7.80. The van der Waals surface area contributed by atoms with Crippen LogP contribution in [0.15, 0.2) is 18.3 Å². The van der Waals surface area contributed by atoms with Crippen molar-refractivity contribution in [3.63, 3.8) is 0 Å². The summed E-state index contributed by atoms with van der Waals surface area (Å²) in [6.45, 7) is 4.04. The van der Waals surface area contributed by atoms with Gasteiger partial charge in [0.2, 0.25) is 0 Å². The third kappa shape index (κ3) is 3.05. The first-order valence-electron chi connectivity index (χ1n) is 4.56. The number of pyridine rings is 1. The van der Waals surface area contributed by atoms with Crippen molar-refractivity contribution in [2.75, 3.05) is 13.6 Å². The van der Waals surface area contributed by atoms with Crippen molar-refractivity contribution >= 4 is 17.2 Å². The zero-order chi connectivity index (χ0) is 10.6. The lowest BCUT2D eigenvalue weighted by molar-refractivity contribution is 0.345. The molecule has 1 heterocycles. The molecule has 0 fully saturated rings. The first kappa shape index (κ1) is 11.1. The molecule has 3 nitrogen and oxygen atoms in total. The summed E-state index contributed by atoms with van der Waals surface area (Å²) < 4.78 is 0. The van der Waals surface area contributed by atoms with Crippen LogP contribution in [0.2, 0.25) is 0 Å². The zero-order valence-corrected chi connectivity index (χ0v) is 9.34. The molecule has 1 aromatic heterocycles. The second kappa shape index (κ2) is 5.02. The van der Waals surface area contributed by atoms with E-state index in [0.29, 0.717) is 10.7 Å². The Labute approximate surface area is 89.9 Å². The Bertz CT molecular complexity index is 325. The van der Waals surface area contributed by atoms with Gasteiger partial charge in [-0.15, -0.1) is 0 Å². The molecular weight excluding hydrogens is 194 g/mol. The van der Waals surface area contributed by atoms with E-state index in [1.807, 2.05) is 12.1 Å². The van der Waals surface area contributed by atoms with E-state index in [0.717, 1.165) is 13.1 Å². The van der Waals surface area contributed by atoms with Crippen molar-refractivity contribution in [1.82, 2.24) is 9.88 Å². The van der Waals surface area contributed by atoms with Gasteiger partial charge in [-0.25, -0.2) is 0 Å². The summed E-state index contributed by atoms with van der Waals surface area (Å²) in [5, 5.41) is 0. The maximum Gasteiger partial charge on any atom is 0.122 e. The SMILES string of the molecule is CCN(C)Cc1ccnc(C(N)=S)c1. The molecule has 0 saturated heterocycles. The van der Waals surface area contributed by atoms with Gasteiger partial charge in [-0.2, -0.15) is 0 Å². The van der Waals surface area contributed by atoms with Gasteiger partial charge in [-0.3, -0.25) is 4.98 Å². The van der Waals surface area contributed by atoms with Crippen molar-refractivity contribution < 1.29 is 0 Å². The molecule has 0 aromatic carbocycles. The average Bonchev–Trinajstić information content (AvgIpc) is 2.18. The quantitative estimate of drug-likeness (QED) is 0.756. The molecule has 0 bridgehead atoms. The number of nitrogens with zero attached hydrogens (tertiary/aromatic N) is 2. The Balaban J connectivity index is 2.78. The van der Waals surface area contributed by atoms with Crippen molar-refractivity contribution in [3.8, 4) is 0 Å². The molecule has 14 heavy (non-hydrogen) atoms. The van der Waals surface area contributed by atoms with E-state index in [2.05, 4.69) is 23.9 Å². The maximum atomic E-state index is 5.50. The summed E-state index contributed by atoms with van der Waals surface area (Å²) in [5.41, 5.74) is 7.38. The second-order valence-electron chi connectivity index (χ2n) is 3.24. The molecule has 0 unspecified atom stereocenters. The molecule has 0 aliphatic rings. The van der Waals surface area contributed by atoms with Gasteiger partial charge < -0.3 is 10.6 Å². The Morgan fingerprint density at radius 1 is 1.64 bits per heavy atom. The van der Waals surface area contributed by atoms with E-state index in [1.54, 1.807) is 6.20 Å². The standard InChI is InChI=1S/C10H15N3S/c1-3-13(2)7-8-4-5-12-9(6-8)10(11)14/h4-6H,3,7H2,1-2H3,(H2,11,14). The molecule has 0 atom stereocenters. The molecule has 1 aromatic rings. The van der Waals surface area contributed by atoms with Gasteiger partial charge in [0.1, 0.15) is 4.99 Å². The number of nitrogens with two attached hydrogens (primary N) is 1. The van der Waals surface area contributed by atoms with Crippen LogP contribution in [-0.2, 0) is 6.54 Å². The monoisotopic (exact) mass is 209 g/mol. The van der Waals surface area contributed by atoms with E-state index < -0.39 is 0 Å². The highest BCUT2D eigenvalue weighted by Crippen LogP contribution is 2.04. The van der Waals surface area contributed by atoms with Crippen LogP contribution in [0.5, 0.6) is 0 Å². The minimum atomic E-state index is 0.353. The number of aromatic nitrogens is 1. The van der Waals surface area contributed by atoms with E-state index in [9.17, 15) is 0 Å². The number of hydrogen-bond acceptors (Lipinski definition) is 3. The molecule has 1 rings (SSSR count).